The Bertz CT molecular complexity index is 624. The van der Waals surface area contributed by atoms with Gasteiger partial charge >= 0.3 is 0 Å². The second-order valence-electron chi connectivity index (χ2n) is 7.29. The summed E-state index contributed by atoms with van der Waals surface area (Å²) in [4.78, 5) is 17.9. The van der Waals surface area contributed by atoms with Crippen molar-refractivity contribution in [3.05, 3.63) is 39.9 Å². The van der Waals surface area contributed by atoms with Gasteiger partial charge in [-0.2, -0.15) is 0 Å². The molecule has 1 fully saturated rings. The van der Waals surface area contributed by atoms with Crippen LogP contribution >= 0.6 is 0 Å². The van der Waals surface area contributed by atoms with Gasteiger partial charge in [-0.05, 0) is 46.7 Å². The summed E-state index contributed by atoms with van der Waals surface area (Å²) in [5, 5.41) is 17.8. The Hall–Kier alpha value is -2.15. The van der Waals surface area contributed by atoms with E-state index in [4.69, 9.17) is 0 Å². The molecule has 1 saturated heterocycles. The van der Waals surface area contributed by atoms with Crippen molar-refractivity contribution in [1.82, 2.24) is 15.5 Å². The summed E-state index contributed by atoms with van der Waals surface area (Å²) in [6.45, 7) is 10.6. The van der Waals surface area contributed by atoms with Crippen LogP contribution in [0.1, 0.15) is 45.6 Å². The van der Waals surface area contributed by atoms with Gasteiger partial charge < -0.3 is 10.6 Å². The number of benzene rings is 1. The smallest absolute Gasteiger partial charge is 0.274 e. The molecular weight excluding hydrogens is 330 g/mol. The van der Waals surface area contributed by atoms with Crippen molar-refractivity contribution in [3.8, 4) is 0 Å². The molecule has 0 radical (unpaired) electrons. The minimum Gasteiger partial charge on any atom is -0.357 e. The second kappa shape index (κ2) is 9.52. The molecule has 0 aromatic heterocycles. The number of nitrogens with zero attached hydrogens (tertiary/aromatic N) is 3. The third-order valence-electron chi connectivity index (χ3n) is 4.84. The highest BCUT2D eigenvalue weighted by Crippen LogP contribution is 2.20. The molecule has 0 atom stereocenters. The number of nitrogens with one attached hydrogen (secondary N) is 2. The van der Waals surface area contributed by atoms with E-state index in [1.54, 1.807) is 18.2 Å². The molecule has 144 valence electrons. The minimum absolute atomic E-state index is 0.0371. The first-order valence-corrected chi connectivity index (χ1v) is 9.43. The van der Waals surface area contributed by atoms with Gasteiger partial charge in [-0.25, -0.2) is 4.99 Å². The van der Waals surface area contributed by atoms with Gasteiger partial charge in [0, 0.05) is 24.7 Å². The number of rotatable bonds is 7. The zero-order valence-electron chi connectivity index (χ0n) is 16.1. The highest BCUT2D eigenvalue weighted by molar-refractivity contribution is 5.79. The molecule has 1 aliphatic heterocycles. The Morgan fingerprint density at radius 3 is 2.58 bits per heavy atom. The van der Waals surface area contributed by atoms with Crippen molar-refractivity contribution in [2.75, 3.05) is 26.2 Å². The fourth-order valence-corrected chi connectivity index (χ4v) is 3.24. The van der Waals surface area contributed by atoms with Gasteiger partial charge in [0.15, 0.2) is 5.96 Å². The van der Waals surface area contributed by atoms with Gasteiger partial charge in [-0.1, -0.05) is 24.6 Å². The van der Waals surface area contributed by atoms with Crippen LogP contribution in [0.25, 0.3) is 0 Å². The molecule has 1 aromatic carbocycles. The van der Waals surface area contributed by atoms with Crippen molar-refractivity contribution < 1.29 is 4.92 Å². The van der Waals surface area contributed by atoms with Crippen molar-refractivity contribution >= 4 is 11.6 Å². The minimum atomic E-state index is -0.356. The maximum Gasteiger partial charge on any atom is 0.274 e. The first-order chi connectivity index (χ1) is 12.4. The highest BCUT2D eigenvalue weighted by Gasteiger charge is 2.27. The van der Waals surface area contributed by atoms with Gasteiger partial charge in [0.1, 0.15) is 0 Å². The molecule has 1 aromatic rings. The monoisotopic (exact) mass is 361 g/mol. The van der Waals surface area contributed by atoms with Crippen LogP contribution in [0.5, 0.6) is 0 Å². The van der Waals surface area contributed by atoms with Crippen LogP contribution in [0, 0.1) is 10.1 Å². The van der Waals surface area contributed by atoms with Crippen molar-refractivity contribution in [1.29, 1.82) is 0 Å². The van der Waals surface area contributed by atoms with Crippen molar-refractivity contribution in [2.24, 2.45) is 4.99 Å². The Balaban J connectivity index is 2.01. The second-order valence-corrected chi connectivity index (χ2v) is 7.29. The normalized spacial score (nSPS) is 16.3. The molecular formula is C19H31N5O2. The van der Waals surface area contributed by atoms with E-state index in [9.17, 15) is 10.1 Å². The fraction of sp³-hybridized carbons (Fsp3) is 0.632. The van der Waals surface area contributed by atoms with E-state index in [1.165, 1.54) is 25.3 Å². The van der Waals surface area contributed by atoms with E-state index in [2.05, 4.69) is 34.4 Å². The van der Waals surface area contributed by atoms with Crippen LogP contribution in [-0.4, -0.2) is 47.5 Å². The summed E-state index contributed by atoms with van der Waals surface area (Å²) in [6.07, 6.45) is 3.84. The zero-order chi connectivity index (χ0) is 19.0. The Labute approximate surface area is 156 Å². The Morgan fingerprint density at radius 1 is 1.23 bits per heavy atom. The van der Waals surface area contributed by atoms with Gasteiger partial charge in [-0.15, -0.1) is 0 Å². The van der Waals surface area contributed by atoms with Crippen LogP contribution in [-0.2, 0) is 6.54 Å². The van der Waals surface area contributed by atoms with Gasteiger partial charge in [-0.3, -0.25) is 15.0 Å². The SMILES string of the molecule is CCNC(=NCc1ccccc1[N+](=O)[O-])NCC(C)(C)N1CCCCC1. The van der Waals surface area contributed by atoms with E-state index in [0.29, 0.717) is 11.5 Å². The lowest BCUT2D eigenvalue weighted by Crippen LogP contribution is -2.54. The molecule has 0 bridgehead atoms. The number of hydrogen-bond donors (Lipinski definition) is 2. The van der Waals surface area contributed by atoms with Crippen LogP contribution in [0.15, 0.2) is 29.3 Å². The maximum absolute atomic E-state index is 11.1. The fourth-order valence-electron chi connectivity index (χ4n) is 3.24. The summed E-state index contributed by atoms with van der Waals surface area (Å²) in [6, 6.07) is 6.75. The molecule has 0 amide bonds. The number of aliphatic imine (C=N–C) groups is 1. The lowest BCUT2D eigenvalue weighted by Gasteiger charge is -2.41. The average molecular weight is 361 g/mol. The molecule has 7 heteroatoms. The predicted molar refractivity (Wildman–Crippen MR) is 105 cm³/mol. The maximum atomic E-state index is 11.1. The van der Waals surface area contributed by atoms with E-state index >= 15 is 0 Å². The largest absolute Gasteiger partial charge is 0.357 e. The molecule has 2 N–H and O–H groups in total. The molecule has 1 aliphatic rings. The Kier molecular flexibility index (Phi) is 7.38. The topological polar surface area (TPSA) is 82.8 Å². The summed E-state index contributed by atoms with van der Waals surface area (Å²) < 4.78 is 0. The molecule has 0 aliphatic carbocycles. The molecule has 2 rings (SSSR count). The van der Waals surface area contributed by atoms with Gasteiger partial charge in [0.05, 0.1) is 17.0 Å². The number of piperidine rings is 1. The predicted octanol–water partition coefficient (Wildman–Crippen LogP) is 2.91. The van der Waals surface area contributed by atoms with Gasteiger partial charge in [0.25, 0.3) is 5.69 Å². The highest BCUT2D eigenvalue weighted by atomic mass is 16.6. The summed E-state index contributed by atoms with van der Waals surface area (Å²) in [7, 11) is 0. The number of nitro groups is 1. The number of para-hydroxylation sites is 1. The lowest BCUT2D eigenvalue weighted by molar-refractivity contribution is -0.385. The summed E-state index contributed by atoms with van der Waals surface area (Å²) in [5.41, 5.74) is 0.765. The first-order valence-electron chi connectivity index (χ1n) is 9.43. The third kappa shape index (κ3) is 5.69. The lowest BCUT2D eigenvalue weighted by atomic mass is 9.98. The van der Waals surface area contributed by atoms with E-state index < -0.39 is 0 Å². The summed E-state index contributed by atoms with van der Waals surface area (Å²) in [5.74, 6) is 0.690. The number of hydrogen-bond acceptors (Lipinski definition) is 4. The van der Waals surface area contributed by atoms with E-state index in [0.717, 1.165) is 26.2 Å². The number of nitro benzene ring substituents is 1. The zero-order valence-corrected chi connectivity index (χ0v) is 16.1. The quantitative estimate of drug-likeness (QED) is 0.338. The average Bonchev–Trinajstić information content (AvgIpc) is 2.65. The third-order valence-corrected chi connectivity index (χ3v) is 4.84. The first kappa shape index (κ1) is 20.2. The van der Waals surface area contributed by atoms with Crippen LogP contribution in [0.2, 0.25) is 0 Å². The van der Waals surface area contributed by atoms with Crippen LogP contribution < -0.4 is 10.6 Å². The molecule has 0 saturated carbocycles. The van der Waals surface area contributed by atoms with E-state index in [-0.39, 0.29) is 22.7 Å². The molecule has 7 nitrogen and oxygen atoms in total. The van der Waals surface area contributed by atoms with Crippen molar-refractivity contribution in [3.63, 3.8) is 0 Å². The van der Waals surface area contributed by atoms with Crippen LogP contribution in [0.3, 0.4) is 0 Å². The number of guanidine groups is 1. The molecule has 0 spiro atoms. The summed E-state index contributed by atoms with van der Waals surface area (Å²) >= 11 is 0. The molecule has 26 heavy (non-hydrogen) atoms. The molecule has 0 unspecified atom stereocenters. The van der Waals surface area contributed by atoms with Crippen LogP contribution in [0.4, 0.5) is 5.69 Å². The Morgan fingerprint density at radius 2 is 1.92 bits per heavy atom. The van der Waals surface area contributed by atoms with Gasteiger partial charge in [0.2, 0.25) is 0 Å². The number of likely N-dealkylation sites (tertiary alicyclic amines) is 1. The van der Waals surface area contributed by atoms with Crippen molar-refractivity contribution in [2.45, 2.75) is 52.1 Å². The standard InChI is InChI=1S/C19H31N5O2/c1-4-20-18(21-14-16-10-6-7-11-17(16)24(25)26)22-15-19(2,3)23-12-8-5-9-13-23/h6-7,10-11H,4-5,8-9,12-15H2,1-3H3,(H2,20,21,22). The molecule has 1 heterocycles. The van der Waals surface area contributed by atoms with E-state index in [1.807, 2.05) is 6.92 Å².